The Morgan fingerprint density at radius 2 is 1.73 bits per heavy atom. The van der Waals surface area contributed by atoms with Crippen LogP contribution in [-0.2, 0) is 6.42 Å². The van der Waals surface area contributed by atoms with Crippen LogP contribution in [0.15, 0.2) is 24.3 Å². The van der Waals surface area contributed by atoms with Crippen molar-refractivity contribution in [3.05, 3.63) is 29.8 Å². The van der Waals surface area contributed by atoms with E-state index in [1.807, 2.05) is 0 Å². The van der Waals surface area contributed by atoms with Gasteiger partial charge in [-0.25, -0.2) is 0 Å². The molecule has 0 atom stereocenters. The summed E-state index contributed by atoms with van der Waals surface area (Å²) in [5.74, 6) is 0.241. The van der Waals surface area contributed by atoms with Crippen molar-refractivity contribution in [2.75, 3.05) is 11.9 Å². The van der Waals surface area contributed by atoms with Crippen LogP contribution >= 0.6 is 15.9 Å². The topological polar surface area (TPSA) is 9.23 Å². The molecule has 0 fully saturated rings. The van der Waals surface area contributed by atoms with Crippen molar-refractivity contribution in [3.63, 3.8) is 0 Å². The molecule has 0 spiro atoms. The number of halogens is 4. The van der Waals surface area contributed by atoms with E-state index in [4.69, 9.17) is 0 Å². The highest BCUT2D eigenvalue weighted by Crippen LogP contribution is 2.19. The van der Waals surface area contributed by atoms with Crippen LogP contribution in [0, 0.1) is 0 Å². The third kappa shape index (κ3) is 5.06. The quantitative estimate of drug-likeness (QED) is 0.768. The smallest absolute Gasteiger partial charge is 0.422 e. The monoisotopic (exact) mass is 282 g/mol. The van der Waals surface area contributed by atoms with E-state index in [0.29, 0.717) is 0 Å². The van der Waals surface area contributed by atoms with Gasteiger partial charge in [0.05, 0.1) is 0 Å². The van der Waals surface area contributed by atoms with E-state index >= 15 is 0 Å². The molecule has 0 saturated heterocycles. The summed E-state index contributed by atoms with van der Waals surface area (Å²) in [4.78, 5) is 0. The maximum absolute atomic E-state index is 11.8. The first-order valence-electron chi connectivity index (χ1n) is 4.36. The van der Waals surface area contributed by atoms with E-state index in [-0.39, 0.29) is 5.75 Å². The molecule has 0 saturated carbocycles. The first kappa shape index (κ1) is 12.4. The first-order chi connectivity index (χ1) is 7.01. The van der Waals surface area contributed by atoms with Crippen LogP contribution in [0.1, 0.15) is 5.56 Å². The molecule has 0 aliphatic rings. The van der Waals surface area contributed by atoms with Gasteiger partial charge in [-0.15, -0.1) is 0 Å². The van der Waals surface area contributed by atoms with Gasteiger partial charge in [-0.05, 0) is 24.1 Å². The normalized spacial score (nSPS) is 11.5. The van der Waals surface area contributed by atoms with E-state index in [9.17, 15) is 13.2 Å². The summed E-state index contributed by atoms with van der Waals surface area (Å²) < 4.78 is 40.0. The number of alkyl halides is 4. The van der Waals surface area contributed by atoms with Gasteiger partial charge in [-0.3, -0.25) is 0 Å². The van der Waals surface area contributed by atoms with Crippen molar-refractivity contribution < 1.29 is 17.9 Å². The molecule has 15 heavy (non-hydrogen) atoms. The number of hydrogen-bond acceptors (Lipinski definition) is 1. The predicted molar refractivity (Wildman–Crippen MR) is 55.5 cm³/mol. The largest absolute Gasteiger partial charge is 0.484 e. The van der Waals surface area contributed by atoms with Crippen LogP contribution in [0.5, 0.6) is 5.75 Å². The highest BCUT2D eigenvalue weighted by atomic mass is 79.9. The summed E-state index contributed by atoms with van der Waals surface area (Å²) in [5.41, 5.74) is 1.06. The molecule has 0 radical (unpaired) electrons. The highest BCUT2D eigenvalue weighted by Gasteiger charge is 2.28. The molecule has 0 heterocycles. The van der Waals surface area contributed by atoms with Crippen LogP contribution in [0.25, 0.3) is 0 Å². The summed E-state index contributed by atoms with van der Waals surface area (Å²) in [5, 5.41) is 0.829. The van der Waals surface area contributed by atoms with Gasteiger partial charge >= 0.3 is 6.18 Å². The van der Waals surface area contributed by atoms with Crippen LogP contribution in [0.4, 0.5) is 13.2 Å². The lowest BCUT2D eigenvalue weighted by molar-refractivity contribution is -0.153. The first-order valence-corrected chi connectivity index (χ1v) is 5.48. The Balaban J connectivity index is 2.50. The number of ether oxygens (including phenoxy) is 1. The third-order valence-electron chi connectivity index (χ3n) is 1.71. The lowest BCUT2D eigenvalue weighted by Crippen LogP contribution is -2.19. The second-order valence-corrected chi connectivity index (χ2v) is 3.78. The van der Waals surface area contributed by atoms with E-state index in [1.54, 1.807) is 24.3 Å². The van der Waals surface area contributed by atoms with Gasteiger partial charge in [0.2, 0.25) is 0 Å². The van der Waals surface area contributed by atoms with E-state index < -0.39 is 12.8 Å². The predicted octanol–water partition coefficient (Wildman–Crippen LogP) is 3.57. The van der Waals surface area contributed by atoms with Gasteiger partial charge in [0.25, 0.3) is 0 Å². The fourth-order valence-corrected chi connectivity index (χ4v) is 1.48. The Morgan fingerprint density at radius 1 is 1.13 bits per heavy atom. The molecule has 1 nitrogen and oxygen atoms in total. The van der Waals surface area contributed by atoms with Crippen molar-refractivity contribution in [2.24, 2.45) is 0 Å². The fraction of sp³-hybridized carbons (Fsp3) is 0.400. The van der Waals surface area contributed by atoms with Crippen LogP contribution in [0.2, 0.25) is 0 Å². The Hall–Kier alpha value is -0.710. The molecule has 0 bridgehead atoms. The lowest BCUT2D eigenvalue weighted by atomic mass is 10.2. The van der Waals surface area contributed by atoms with Crippen molar-refractivity contribution in [2.45, 2.75) is 12.6 Å². The number of benzene rings is 1. The minimum Gasteiger partial charge on any atom is -0.484 e. The molecule has 5 heteroatoms. The molecule has 0 aromatic heterocycles. The summed E-state index contributed by atoms with van der Waals surface area (Å²) in [7, 11) is 0. The van der Waals surface area contributed by atoms with Crippen LogP contribution in [-0.4, -0.2) is 18.1 Å². The molecule has 1 rings (SSSR count). The maximum Gasteiger partial charge on any atom is 0.422 e. The van der Waals surface area contributed by atoms with Gasteiger partial charge in [-0.2, -0.15) is 13.2 Å². The Morgan fingerprint density at radius 3 is 2.20 bits per heavy atom. The second-order valence-electron chi connectivity index (χ2n) is 2.99. The summed E-state index contributed by atoms with van der Waals surface area (Å²) >= 11 is 3.28. The minimum absolute atomic E-state index is 0.241. The SMILES string of the molecule is FC(F)(F)COc1ccc(CCBr)cc1. The van der Waals surface area contributed by atoms with Gasteiger partial charge in [0, 0.05) is 5.33 Å². The zero-order valence-electron chi connectivity index (χ0n) is 7.85. The Bertz CT molecular complexity index is 295. The zero-order valence-corrected chi connectivity index (χ0v) is 9.44. The highest BCUT2D eigenvalue weighted by molar-refractivity contribution is 9.09. The molecule has 0 aliphatic heterocycles. The van der Waals surface area contributed by atoms with Crippen molar-refractivity contribution >= 4 is 15.9 Å². The molecule has 0 amide bonds. The fourth-order valence-electron chi connectivity index (χ4n) is 1.03. The lowest BCUT2D eigenvalue weighted by Gasteiger charge is -2.09. The number of rotatable bonds is 4. The second kappa shape index (κ2) is 5.39. The average molecular weight is 283 g/mol. The molecule has 0 unspecified atom stereocenters. The van der Waals surface area contributed by atoms with E-state index in [1.165, 1.54) is 0 Å². The van der Waals surface area contributed by atoms with E-state index in [0.717, 1.165) is 17.3 Å². The molecule has 1 aromatic rings. The Kier molecular flexibility index (Phi) is 4.45. The molecular formula is C10H10BrF3O. The van der Waals surface area contributed by atoms with E-state index in [2.05, 4.69) is 20.7 Å². The summed E-state index contributed by atoms with van der Waals surface area (Å²) in [6, 6.07) is 6.60. The third-order valence-corrected chi connectivity index (χ3v) is 2.11. The molecular weight excluding hydrogens is 273 g/mol. The van der Waals surface area contributed by atoms with Crippen LogP contribution < -0.4 is 4.74 Å². The molecule has 1 aromatic carbocycles. The average Bonchev–Trinajstić information content (AvgIpc) is 2.16. The Labute approximate surface area is 94.4 Å². The summed E-state index contributed by atoms with van der Waals surface area (Å²) in [6.07, 6.45) is -3.44. The van der Waals surface area contributed by atoms with Crippen LogP contribution in [0.3, 0.4) is 0 Å². The minimum atomic E-state index is -4.28. The molecule has 84 valence electrons. The maximum atomic E-state index is 11.8. The van der Waals surface area contributed by atoms with Gasteiger partial charge < -0.3 is 4.74 Å². The van der Waals surface area contributed by atoms with Gasteiger partial charge in [0.15, 0.2) is 6.61 Å². The van der Waals surface area contributed by atoms with Crippen molar-refractivity contribution in [3.8, 4) is 5.75 Å². The number of hydrogen-bond donors (Lipinski definition) is 0. The van der Waals surface area contributed by atoms with Gasteiger partial charge in [0.1, 0.15) is 5.75 Å². The standard InChI is InChI=1S/C10H10BrF3O/c11-6-5-8-1-3-9(4-2-8)15-7-10(12,13)14/h1-4H,5-7H2. The van der Waals surface area contributed by atoms with Crippen molar-refractivity contribution in [1.29, 1.82) is 0 Å². The summed E-state index contributed by atoms with van der Waals surface area (Å²) in [6.45, 7) is -1.25. The number of aryl methyl sites for hydroxylation is 1. The zero-order chi connectivity index (χ0) is 11.3. The molecule has 0 N–H and O–H groups in total. The van der Waals surface area contributed by atoms with Crippen molar-refractivity contribution in [1.82, 2.24) is 0 Å². The van der Waals surface area contributed by atoms with Gasteiger partial charge in [-0.1, -0.05) is 28.1 Å². The molecule has 0 aliphatic carbocycles.